The summed E-state index contributed by atoms with van der Waals surface area (Å²) in [6.07, 6.45) is 4.02. The van der Waals surface area contributed by atoms with Crippen LogP contribution < -0.4 is 5.32 Å². The van der Waals surface area contributed by atoms with E-state index < -0.39 is 0 Å². The molecule has 1 N–H and O–H groups in total. The first kappa shape index (κ1) is 15.0. The normalized spacial score (nSPS) is 18.1. The first-order valence-corrected chi connectivity index (χ1v) is 8.44. The Balaban J connectivity index is 1.68. The standard InChI is InChI=1S/C19H21N5/c1-14-21-19-17(11-7-13-24(19)23-14)22-18(15-8-3-2-4-9-15)16-10-5-6-12-20-16/h2-6,8-10,12,17-18,22H,7,11,13H2,1H3. The molecule has 2 atom stereocenters. The molecule has 3 heterocycles. The molecule has 0 spiro atoms. The molecule has 0 radical (unpaired) electrons. The maximum absolute atomic E-state index is 4.64. The van der Waals surface area contributed by atoms with E-state index in [-0.39, 0.29) is 12.1 Å². The highest BCUT2D eigenvalue weighted by Gasteiger charge is 2.27. The average molecular weight is 319 g/mol. The fourth-order valence-corrected chi connectivity index (χ4v) is 3.37. The van der Waals surface area contributed by atoms with E-state index in [9.17, 15) is 0 Å². The molecule has 24 heavy (non-hydrogen) atoms. The Morgan fingerprint density at radius 3 is 2.75 bits per heavy atom. The number of benzene rings is 1. The minimum atomic E-state index is 0.0426. The Morgan fingerprint density at radius 2 is 1.96 bits per heavy atom. The second kappa shape index (κ2) is 6.53. The van der Waals surface area contributed by atoms with E-state index in [1.807, 2.05) is 36.0 Å². The van der Waals surface area contributed by atoms with Crippen molar-refractivity contribution in [2.75, 3.05) is 0 Å². The van der Waals surface area contributed by atoms with Crippen LogP contribution in [0.25, 0.3) is 0 Å². The van der Waals surface area contributed by atoms with E-state index in [0.717, 1.165) is 36.7 Å². The van der Waals surface area contributed by atoms with Gasteiger partial charge in [0.1, 0.15) is 11.6 Å². The summed E-state index contributed by atoms with van der Waals surface area (Å²) >= 11 is 0. The van der Waals surface area contributed by atoms with Crippen molar-refractivity contribution < 1.29 is 0 Å². The number of aryl methyl sites for hydroxylation is 2. The van der Waals surface area contributed by atoms with Crippen molar-refractivity contribution in [2.45, 2.75) is 38.4 Å². The molecule has 1 aliphatic rings. The quantitative estimate of drug-likeness (QED) is 0.802. The Hall–Kier alpha value is -2.53. The van der Waals surface area contributed by atoms with Crippen LogP contribution in [0.5, 0.6) is 0 Å². The third-order valence-corrected chi connectivity index (χ3v) is 4.46. The number of fused-ring (bicyclic) bond motifs is 1. The number of pyridine rings is 1. The SMILES string of the molecule is Cc1nc2n(n1)CCCC2NC(c1ccccc1)c1ccccn1. The van der Waals surface area contributed by atoms with Gasteiger partial charge in [-0.25, -0.2) is 9.67 Å². The van der Waals surface area contributed by atoms with Gasteiger partial charge >= 0.3 is 0 Å². The van der Waals surface area contributed by atoms with Crippen LogP contribution in [0.1, 0.15) is 47.8 Å². The molecule has 3 aromatic rings. The van der Waals surface area contributed by atoms with Crippen molar-refractivity contribution in [3.8, 4) is 0 Å². The molecule has 122 valence electrons. The first-order chi connectivity index (χ1) is 11.8. The lowest BCUT2D eigenvalue weighted by atomic mass is 9.99. The number of nitrogens with zero attached hydrogens (tertiary/aromatic N) is 4. The summed E-state index contributed by atoms with van der Waals surface area (Å²) in [5.41, 5.74) is 2.24. The molecule has 4 rings (SSSR count). The fraction of sp³-hybridized carbons (Fsp3) is 0.316. The van der Waals surface area contributed by atoms with E-state index >= 15 is 0 Å². The summed E-state index contributed by atoms with van der Waals surface area (Å²) in [6.45, 7) is 2.91. The van der Waals surface area contributed by atoms with Gasteiger partial charge in [-0.2, -0.15) is 5.10 Å². The van der Waals surface area contributed by atoms with Gasteiger partial charge < -0.3 is 0 Å². The number of hydrogen-bond donors (Lipinski definition) is 1. The predicted molar refractivity (Wildman–Crippen MR) is 92.4 cm³/mol. The molecule has 0 amide bonds. The van der Waals surface area contributed by atoms with Crippen LogP contribution in [-0.4, -0.2) is 19.7 Å². The largest absolute Gasteiger partial charge is 0.295 e. The zero-order chi connectivity index (χ0) is 16.4. The number of rotatable bonds is 4. The molecule has 0 fully saturated rings. The van der Waals surface area contributed by atoms with Crippen LogP contribution in [0.2, 0.25) is 0 Å². The van der Waals surface area contributed by atoms with Gasteiger partial charge in [0.25, 0.3) is 0 Å². The lowest BCUT2D eigenvalue weighted by Gasteiger charge is -2.28. The van der Waals surface area contributed by atoms with Gasteiger partial charge in [0.2, 0.25) is 0 Å². The van der Waals surface area contributed by atoms with Gasteiger partial charge in [-0.05, 0) is 37.5 Å². The molecule has 5 heteroatoms. The molecule has 2 aromatic heterocycles. The first-order valence-electron chi connectivity index (χ1n) is 8.44. The Bertz CT molecular complexity index is 758. The summed E-state index contributed by atoms with van der Waals surface area (Å²) in [5.74, 6) is 1.88. The van der Waals surface area contributed by atoms with Crippen molar-refractivity contribution in [3.05, 3.63) is 77.6 Å². The zero-order valence-electron chi connectivity index (χ0n) is 13.8. The van der Waals surface area contributed by atoms with Gasteiger partial charge in [0, 0.05) is 12.7 Å². The van der Waals surface area contributed by atoms with Crippen LogP contribution >= 0.6 is 0 Å². The van der Waals surface area contributed by atoms with Gasteiger partial charge in [0.15, 0.2) is 0 Å². The van der Waals surface area contributed by atoms with Crippen molar-refractivity contribution in [1.29, 1.82) is 0 Å². The molecule has 1 aliphatic heterocycles. The molecule has 1 aromatic carbocycles. The molecule has 0 aliphatic carbocycles. The summed E-state index contributed by atoms with van der Waals surface area (Å²) < 4.78 is 2.04. The summed E-state index contributed by atoms with van der Waals surface area (Å²) in [4.78, 5) is 9.22. The van der Waals surface area contributed by atoms with E-state index in [2.05, 4.69) is 50.7 Å². The van der Waals surface area contributed by atoms with E-state index in [0.29, 0.717) is 0 Å². The molecule has 2 unspecified atom stereocenters. The number of aromatic nitrogens is 4. The molecule has 5 nitrogen and oxygen atoms in total. The highest BCUT2D eigenvalue weighted by atomic mass is 15.4. The van der Waals surface area contributed by atoms with Crippen LogP contribution in [-0.2, 0) is 6.54 Å². The van der Waals surface area contributed by atoms with Gasteiger partial charge in [-0.1, -0.05) is 36.4 Å². The van der Waals surface area contributed by atoms with Gasteiger partial charge in [-0.15, -0.1) is 0 Å². The highest BCUT2D eigenvalue weighted by molar-refractivity contribution is 5.28. The van der Waals surface area contributed by atoms with Crippen LogP contribution in [0, 0.1) is 6.92 Å². The van der Waals surface area contributed by atoms with Crippen LogP contribution in [0.3, 0.4) is 0 Å². The molecular formula is C19H21N5. The number of nitrogens with one attached hydrogen (secondary N) is 1. The lowest BCUT2D eigenvalue weighted by Crippen LogP contribution is -2.32. The Kier molecular flexibility index (Phi) is 4.09. The summed E-state index contributed by atoms with van der Waals surface area (Å²) in [6, 6.07) is 16.8. The molecule has 0 saturated carbocycles. The van der Waals surface area contributed by atoms with Gasteiger partial charge in [-0.3, -0.25) is 10.3 Å². The van der Waals surface area contributed by atoms with E-state index in [1.165, 1.54) is 5.56 Å². The Labute approximate surface area is 141 Å². The molecule has 0 saturated heterocycles. The van der Waals surface area contributed by atoms with Crippen molar-refractivity contribution >= 4 is 0 Å². The van der Waals surface area contributed by atoms with Crippen molar-refractivity contribution in [2.24, 2.45) is 0 Å². The van der Waals surface area contributed by atoms with Crippen molar-refractivity contribution in [1.82, 2.24) is 25.1 Å². The third kappa shape index (κ3) is 2.95. The minimum absolute atomic E-state index is 0.0426. The smallest absolute Gasteiger partial charge is 0.147 e. The Morgan fingerprint density at radius 1 is 1.12 bits per heavy atom. The van der Waals surface area contributed by atoms with Crippen LogP contribution in [0.4, 0.5) is 0 Å². The summed E-state index contributed by atoms with van der Waals surface area (Å²) in [7, 11) is 0. The maximum atomic E-state index is 4.64. The van der Waals surface area contributed by atoms with Gasteiger partial charge in [0.05, 0.1) is 17.8 Å². The topological polar surface area (TPSA) is 55.6 Å². The predicted octanol–water partition coefficient (Wildman–Crippen LogP) is 3.20. The lowest BCUT2D eigenvalue weighted by molar-refractivity contribution is 0.349. The second-order valence-electron chi connectivity index (χ2n) is 6.20. The van der Waals surface area contributed by atoms with E-state index in [1.54, 1.807) is 0 Å². The molecule has 0 bridgehead atoms. The average Bonchev–Trinajstić information content (AvgIpc) is 3.02. The van der Waals surface area contributed by atoms with Crippen molar-refractivity contribution in [3.63, 3.8) is 0 Å². The summed E-state index contributed by atoms with van der Waals surface area (Å²) in [5, 5.41) is 8.28. The second-order valence-corrected chi connectivity index (χ2v) is 6.20. The zero-order valence-corrected chi connectivity index (χ0v) is 13.8. The monoisotopic (exact) mass is 319 g/mol. The highest BCUT2D eigenvalue weighted by Crippen LogP contribution is 2.29. The van der Waals surface area contributed by atoms with Crippen LogP contribution in [0.15, 0.2) is 54.7 Å². The van der Waals surface area contributed by atoms with E-state index in [4.69, 9.17) is 0 Å². The third-order valence-electron chi connectivity index (χ3n) is 4.46. The number of hydrogen-bond acceptors (Lipinski definition) is 4. The fourth-order valence-electron chi connectivity index (χ4n) is 3.37. The minimum Gasteiger partial charge on any atom is -0.295 e. The molecular weight excluding hydrogens is 298 g/mol. The maximum Gasteiger partial charge on any atom is 0.147 e.